The fraction of sp³-hybridized carbons (Fsp3) is 0.529. The maximum Gasteiger partial charge on any atom is 0.255 e. The summed E-state index contributed by atoms with van der Waals surface area (Å²) in [5.41, 5.74) is 6.28. The van der Waals surface area contributed by atoms with E-state index in [4.69, 9.17) is 5.73 Å². The van der Waals surface area contributed by atoms with Crippen molar-refractivity contribution in [2.24, 2.45) is 16.6 Å². The molecule has 24 heavy (non-hydrogen) atoms. The van der Waals surface area contributed by atoms with Crippen LogP contribution in [-0.2, 0) is 4.79 Å². The zero-order chi connectivity index (χ0) is 17.7. The van der Waals surface area contributed by atoms with Gasteiger partial charge in [0.2, 0.25) is 0 Å². The molecule has 2 atom stereocenters. The summed E-state index contributed by atoms with van der Waals surface area (Å²) in [5.74, 6) is 0.314. The molecule has 1 aliphatic heterocycles. The van der Waals surface area contributed by atoms with E-state index in [1.54, 1.807) is 43.5 Å². The number of amides is 2. The third kappa shape index (κ3) is 4.10. The Balaban J connectivity index is 2.00. The lowest BCUT2D eigenvalue weighted by molar-refractivity contribution is -0.126. The highest BCUT2D eigenvalue weighted by Gasteiger charge is 2.32. The normalized spacial score (nSPS) is 18.5. The molecular weight excluding hydrogens is 306 g/mol. The Labute approximate surface area is 142 Å². The van der Waals surface area contributed by atoms with Crippen molar-refractivity contribution in [3.8, 4) is 0 Å². The predicted octanol–water partition coefficient (Wildman–Crippen LogP) is 1.12. The summed E-state index contributed by atoms with van der Waals surface area (Å²) >= 11 is 0. The molecule has 1 aliphatic rings. The van der Waals surface area contributed by atoms with Crippen molar-refractivity contribution in [1.82, 2.24) is 14.8 Å². The van der Waals surface area contributed by atoms with Crippen molar-refractivity contribution in [1.29, 1.82) is 0 Å². The molecule has 0 radical (unpaired) electrons. The van der Waals surface area contributed by atoms with Gasteiger partial charge in [-0.3, -0.25) is 19.5 Å². The Kier molecular flexibility index (Phi) is 5.89. The van der Waals surface area contributed by atoms with Gasteiger partial charge in [0.05, 0.1) is 5.56 Å². The van der Waals surface area contributed by atoms with Gasteiger partial charge >= 0.3 is 0 Å². The van der Waals surface area contributed by atoms with E-state index in [2.05, 4.69) is 16.9 Å². The maximum atomic E-state index is 12.5. The first-order valence-electron chi connectivity index (χ1n) is 8.20. The van der Waals surface area contributed by atoms with E-state index in [1.165, 1.54) is 4.90 Å². The quantitative estimate of drug-likeness (QED) is 0.810. The van der Waals surface area contributed by atoms with Crippen LogP contribution in [0.2, 0.25) is 0 Å². The average Bonchev–Trinajstić information content (AvgIpc) is 2.82. The number of pyridine rings is 1. The van der Waals surface area contributed by atoms with Crippen LogP contribution in [0.15, 0.2) is 29.5 Å². The second-order valence-electron chi connectivity index (χ2n) is 6.22. The largest absolute Gasteiger partial charge is 0.369 e. The van der Waals surface area contributed by atoms with Crippen LogP contribution >= 0.6 is 0 Å². The third-order valence-electron chi connectivity index (χ3n) is 4.29. The topological polar surface area (TPSA) is 91.9 Å². The highest BCUT2D eigenvalue weighted by atomic mass is 16.2. The van der Waals surface area contributed by atoms with Gasteiger partial charge in [0.1, 0.15) is 6.04 Å². The van der Waals surface area contributed by atoms with Crippen LogP contribution in [0.4, 0.5) is 0 Å². The molecule has 7 nitrogen and oxygen atoms in total. The molecular formula is C17H25N5O2. The van der Waals surface area contributed by atoms with Crippen LogP contribution in [0.5, 0.6) is 0 Å². The number of hydrogen-bond donors (Lipinski definition) is 1. The van der Waals surface area contributed by atoms with Crippen molar-refractivity contribution in [2.75, 3.05) is 20.6 Å². The smallest absolute Gasteiger partial charge is 0.255 e. The summed E-state index contributed by atoms with van der Waals surface area (Å²) in [6.45, 7) is 2.67. The van der Waals surface area contributed by atoms with Gasteiger partial charge < -0.3 is 10.6 Å². The van der Waals surface area contributed by atoms with Gasteiger partial charge in [-0.2, -0.15) is 0 Å². The van der Waals surface area contributed by atoms with Gasteiger partial charge in [-0.05, 0) is 30.9 Å². The van der Waals surface area contributed by atoms with Crippen LogP contribution in [0.3, 0.4) is 0 Å². The van der Waals surface area contributed by atoms with Gasteiger partial charge in [-0.25, -0.2) is 4.99 Å². The van der Waals surface area contributed by atoms with Crippen LogP contribution in [0, 0.1) is 5.92 Å². The van der Waals surface area contributed by atoms with Crippen molar-refractivity contribution in [3.63, 3.8) is 0 Å². The predicted molar refractivity (Wildman–Crippen MR) is 92.4 cm³/mol. The van der Waals surface area contributed by atoms with Gasteiger partial charge in [-0.1, -0.05) is 13.3 Å². The first-order chi connectivity index (χ1) is 11.4. The van der Waals surface area contributed by atoms with Gasteiger partial charge in [0.25, 0.3) is 11.8 Å². The molecule has 1 aromatic rings. The van der Waals surface area contributed by atoms with Crippen LogP contribution < -0.4 is 5.73 Å². The Morgan fingerprint density at radius 1 is 1.50 bits per heavy atom. The molecule has 0 saturated heterocycles. The monoisotopic (exact) mass is 331 g/mol. The molecule has 0 aromatic carbocycles. The molecule has 2 rings (SSSR count). The summed E-state index contributed by atoms with van der Waals surface area (Å²) in [5, 5.41) is 0. The summed E-state index contributed by atoms with van der Waals surface area (Å²) in [7, 11) is 3.41. The summed E-state index contributed by atoms with van der Waals surface area (Å²) < 4.78 is 0. The number of nitrogens with zero attached hydrogens (tertiary/aromatic N) is 4. The van der Waals surface area contributed by atoms with Crippen molar-refractivity contribution in [3.05, 3.63) is 30.1 Å². The zero-order valence-corrected chi connectivity index (χ0v) is 14.5. The Hall–Kier alpha value is -2.44. The minimum Gasteiger partial charge on any atom is -0.369 e. The van der Waals surface area contributed by atoms with Crippen LogP contribution in [0.1, 0.15) is 36.5 Å². The van der Waals surface area contributed by atoms with E-state index < -0.39 is 6.04 Å². The van der Waals surface area contributed by atoms with Gasteiger partial charge in [-0.15, -0.1) is 0 Å². The second kappa shape index (κ2) is 7.90. The van der Waals surface area contributed by atoms with Crippen molar-refractivity contribution < 1.29 is 9.59 Å². The molecule has 2 heterocycles. The number of carbonyl (C=O) groups excluding carboxylic acids is 2. The number of guanidine groups is 1. The summed E-state index contributed by atoms with van der Waals surface area (Å²) in [4.78, 5) is 35.9. The maximum absolute atomic E-state index is 12.5. The number of aliphatic imine (C=N–C) groups is 1. The molecule has 1 aromatic heterocycles. The average molecular weight is 331 g/mol. The number of likely N-dealkylation sites (N-methyl/N-ethyl adjacent to an activating group) is 1. The first-order valence-corrected chi connectivity index (χ1v) is 8.20. The molecule has 0 spiro atoms. The lowest BCUT2D eigenvalue weighted by Crippen LogP contribution is -2.37. The first kappa shape index (κ1) is 17.9. The van der Waals surface area contributed by atoms with Crippen molar-refractivity contribution in [2.45, 2.75) is 32.2 Å². The van der Waals surface area contributed by atoms with Crippen LogP contribution in [-0.4, -0.2) is 59.2 Å². The zero-order valence-electron chi connectivity index (χ0n) is 14.5. The fourth-order valence-corrected chi connectivity index (χ4v) is 2.98. The molecule has 0 fully saturated rings. The van der Waals surface area contributed by atoms with E-state index in [9.17, 15) is 9.59 Å². The highest BCUT2D eigenvalue weighted by molar-refractivity contribution is 6.03. The van der Waals surface area contributed by atoms with Crippen LogP contribution in [0.25, 0.3) is 0 Å². The molecule has 2 N–H and O–H groups in total. The standard InChI is InChI=1S/C17H25N5O2/c1-4-6-12(9-14-16(24)22(3)17(18)20-14)11-21(2)15(23)13-7-5-8-19-10-13/h5,7-8,10,12,14H,4,6,9,11H2,1-3H3,(H2,18,20)/t12?,14-/m0/s1. The molecule has 0 saturated carbocycles. The Bertz CT molecular complexity index is 617. The number of hydrogen-bond acceptors (Lipinski definition) is 5. The molecule has 130 valence electrons. The third-order valence-corrected chi connectivity index (χ3v) is 4.29. The number of nitrogens with two attached hydrogens (primary N) is 1. The van der Waals surface area contributed by atoms with Gasteiger partial charge in [0.15, 0.2) is 5.96 Å². The molecule has 2 amide bonds. The van der Waals surface area contributed by atoms with E-state index in [0.29, 0.717) is 18.5 Å². The Morgan fingerprint density at radius 3 is 2.79 bits per heavy atom. The number of rotatable bonds is 7. The van der Waals surface area contributed by atoms with E-state index >= 15 is 0 Å². The highest BCUT2D eigenvalue weighted by Crippen LogP contribution is 2.21. The fourth-order valence-electron chi connectivity index (χ4n) is 2.98. The van der Waals surface area contributed by atoms with Crippen molar-refractivity contribution >= 4 is 17.8 Å². The number of aromatic nitrogens is 1. The molecule has 0 bridgehead atoms. The van der Waals surface area contributed by atoms with E-state index in [0.717, 1.165) is 12.8 Å². The summed E-state index contributed by atoms with van der Waals surface area (Å²) in [6.07, 6.45) is 5.71. The minimum absolute atomic E-state index is 0.0675. The summed E-state index contributed by atoms with van der Waals surface area (Å²) in [6, 6.07) is 3.06. The molecule has 0 aliphatic carbocycles. The molecule has 1 unspecified atom stereocenters. The lowest BCUT2D eigenvalue weighted by Gasteiger charge is -2.25. The lowest BCUT2D eigenvalue weighted by atomic mass is 9.94. The minimum atomic E-state index is -0.437. The number of carbonyl (C=O) groups is 2. The van der Waals surface area contributed by atoms with Gasteiger partial charge in [0, 0.05) is 33.0 Å². The SMILES string of the molecule is CCCC(C[C@@H]1N=C(N)N(C)C1=O)CN(C)C(=O)c1cccnc1. The molecule has 7 heteroatoms. The Morgan fingerprint density at radius 2 is 2.25 bits per heavy atom. The second-order valence-corrected chi connectivity index (χ2v) is 6.22. The van der Waals surface area contributed by atoms with E-state index in [-0.39, 0.29) is 23.7 Å². The van der Waals surface area contributed by atoms with E-state index in [1.807, 2.05) is 0 Å².